The second kappa shape index (κ2) is 8.52. The van der Waals surface area contributed by atoms with Crippen molar-refractivity contribution in [3.05, 3.63) is 57.0 Å². The van der Waals surface area contributed by atoms with Gasteiger partial charge in [0, 0.05) is 20.7 Å². The lowest BCUT2D eigenvalue weighted by Crippen LogP contribution is -2.23. The van der Waals surface area contributed by atoms with Crippen LogP contribution in [0.1, 0.15) is 6.92 Å². The van der Waals surface area contributed by atoms with Crippen molar-refractivity contribution < 1.29 is 4.79 Å². The number of amides is 1. The molecule has 1 aromatic heterocycles. The third-order valence-electron chi connectivity index (χ3n) is 3.60. The number of anilines is 1. The molecule has 1 heterocycles. The maximum atomic E-state index is 12.4. The van der Waals surface area contributed by atoms with Crippen LogP contribution < -0.4 is 11.2 Å². The SMILES string of the molecule is CC(Sc1nnc(-c2cc(Cl)ccc2Cl)n1N)C(=O)Nc1ccc(Br)cc1. The molecule has 0 spiro atoms. The molecule has 1 atom stereocenters. The van der Waals surface area contributed by atoms with E-state index in [1.165, 1.54) is 16.4 Å². The maximum Gasteiger partial charge on any atom is 0.237 e. The molecule has 0 aliphatic rings. The van der Waals surface area contributed by atoms with Crippen LogP contribution in [0.5, 0.6) is 0 Å². The molecule has 1 unspecified atom stereocenters. The Morgan fingerprint density at radius 2 is 1.93 bits per heavy atom. The Morgan fingerprint density at radius 3 is 2.63 bits per heavy atom. The number of hydrogen-bond donors (Lipinski definition) is 2. The molecule has 1 amide bonds. The fourth-order valence-corrected chi connectivity index (χ4v) is 3.61. The van der Waals surface area contributed by atoms with E-state index in [0.29, 0.717) is 32.3 Å². The van der Waals surface area contributed by atoms with Gasteiger partial charge in [0.25, 0.3) is 0 Å². The Labute approximate surface area is 178 Å². The summed E-state index contributed by atoms with van der Waals surface area (Å²) >= 11 is 16.8. The molecule has 0 radical (unpaired) electrons. The molecule has 0 aliphatic carbocycles. The third kappa shape index (κ3) is 4.76. The zero-order valence-corrected chi connectivity index (χ0v) is 17.9. The van der Waals surface area contributed by atoms with Crippen LogP contribution in [0.2, 0.25) is 10.0 Å². The highest BCUT2D eigenvalue weighted by Crippen LogP contribution is 2.31. The van der Waals surface area contributed by atoms with E-state index in [1.807, 2.05) is 24.3 Å². The predicted molar refractivity (Wildman–Crippen MR) is 114 cm³/mol. The summed E-state index contributed by atoms with van der Waals surface area (Å²) in [5.74, 6) is 6.30. The van der Waals surface area contributed by atoms with Gasteiger partial charge in [-0.25, -0.2) is 4.68 Å². The standard InChI is InChI=1S/C17H14BrCl2N5OS/c1-9(16(26)22-12-5-2-10(18)3-6-12)27-17-24-23-15(25(17)21)13-8-11(19)4-7-14(13)20/h2-9H,21H2,1H3,(H,22,26). The van der Waals surface area contributed by atoms with E-state index in [1.54, 1.807) is 25.1 Å². The molecular weight excluding hydrogens is 473 g/mol. The van der Waals surface area contributed by atoms with Gasteiger partial charge in [-0.05, 0) is 49.4 Å². The summed E-state index contributed by atoms with van der Waals surface area (Å²) in [5, 5.41) is 11.9. The first-order valence-electron chi connectivity index (χ1n) is 7.74. The number of carbonyl (C=O) groups excluding carboxylic acids is 1. The first-order valence-corrected chi connectivity index (χ1v) is 10.2. The van der Waals surface area contributed by atoms with Crippen LogP contribution in [-0.4, -0.2) is 26.0 Å². The number of rotatable bonds is 5. The molecule has 10 heteroatoms. The van der Waals surface area contributed by atoms with E-state index in [-0.39, 0.29) is 5.91 Å². The Hall–Kier alpha value is -1.74. The van der Waals surface area contributed by atoms with Crippen molar-refractivity contribution in [3.8, 4) is 11.4 Å². The van der Waals surface area contributed by atoms with Gasteiger partial charge >= 0.3 is 0 Å². The lowest BCUT2D eigenvalue weighted by atomic mass is 10.2. The van der Waals surface area contributed by atoms with Crippen LogP contribution >= 0.6 is 50.9 Å². The monoisotopic (exact) mass is 485 g/mol. The van der Waals surface area contributed by atoms with Gasteiger partial charge in [0.1, 0.15) is 0 Å². The quantitative estimate of drug-likeness (QED) is 0.397. The molecule has 0 bridgehead atoms. The number of nitrogens with two attached hydrogens (primary N) is 1. The van der Waals surface area contributed by atoms with Crippen LogP contribution in [-0.2, 0) is 4.79 Å². The van der Waals surface area contributed by atoms with Crippen molar-refractivity contribution in [1.29, 1.82) is 0 Å². The van der Waals surface area contributed by atoms with Gasteiger partial charge in [0.2, 0.25) is 11.1 Å². The number of aromatic nitrogens is 3. The van der Waals surface area contributed by atoms with E-state index in [4.69, 9.17) is 29.0 Å². The number of benzene rings is 2. The number of halogens is 3. The summed E-state index contributed by atoms with van der Waals surface area (Å²) in [6.07, 6.45) is 0. The van der Waals surface area contributed by atoms with Gasteiger partial charge in [-0.15, -0.1) is 10.2 Å². The van der Waals surface area contributed by atoms with Gasteiger partial charge < -0.3 is 11.2 Å². The average molecular weight is 487 g/mol. The topological polar surface area (TPSA) is 85.8 Å². The summed E-state index contributed by atoms with van der Waals surface area (Å²) in [4.78, 5) is 12.4. The zero-order valence-electron chi connectivity index (χ0n) is 14.0. The highest BCUT2D eigenvalue weighted by atomic mass is 79.9. The number of hydrogen-bond acceptors (Lipinski definition) is 5. The Balaban J connectivity index is 1.74. The number of nitrogens with zero attached hydrogens (tertiary/aromatic N) is 3. The maximum absolute atomic E-state index is 12.4. The Kier molecular flexibility index (Phi) is 6.31. The minimum Gasteiger partial charge on any atom is -0.335 e. The highest BCUT2D eigenvalue weighted by molar-refractivity contribution is 9.10. The molecular formula is C17H14BrCl2N5OS. The van der Waals surface area contributed by atoms with E-state index in [9.17, 15) is 4.79 Å². The molecule has 2 aromatic carbocycles. The fraction of sp³-hybridized carbons (Fsp3) is 0.118. The van der Waals surface area contributed by atoms with E-state index >= 15 is 0 Å². The highest BCUT2D eigenvalue weighted by Gasteiger charge is 2.21. The lowest BCUT2D eigenvalue weighted by Gasteiger charge is -2.12. The number of thioether (sulfide) groups is 1. The van der Waals surface area contributed by atoms with Gasteiger partial charge in [0.15, 0.2) is 5.82 Å². The smallest absolute Gasteiger partial charge is 0.237 e. The first-order chi connectivity index (χ1) is 12.8. The molecule has 27 heavy (non-hydrogen) atoms. The third-order valence-corrected chi connectivity index (χ3v) is 5.75. The molecule has 0 saturated carbocycles. The summed E-state index contributed by atoms with van der Waals surface area (Å²) in [6, 6.07) is 12.3. The largest absolute Gasteiger partial charge is 0.335 e. The summed E-state index contributed by atoms with van der Waals surface area (Å²) < 4.78 is 2.23. The minimum absolute atomic E-state index is 0.173. The van der Waals surface area contributed by atoms with Crippen molar-refractivity contribution in [2.75, 3.05) is 11.2 Å². The fourth-order valence-electron chi connectivity index (χ4n) is 2.20. The molecule has 140 valence electrons. The van der Waals surface area contributed by atoms with Crippen LogP contribution in [0.25, 0.3) is 11.4 Å². The van der Waals surface area contributed by atoms with Gasteiger partial charge in [-0.2, -0.15) is 0 Å². The van der Waals surface area contributed by atoms with Crippen molar-refractivity contribution in [3.63, 3.8) is 0 Å². The number of nitrogen functional groups attached to an aromatic ring is 1. The molecule has 3 aromatic rings. The van der Waals surface area contributed by atoms with Gasteiger partial charge in [-0.3, -0.25) is 4.79 Å². The first kappa shape index (κ1) is 20.0. The predicted octanol–water partition coefficient (Wildman–Crippen LogP) is 4.85. The molecule has 3 rings (SSSR count). The zero-order chi connectivity index (χ0) is 19.6. The number of carbonyl (C=O) groups is 1. The van der Waals surface area contributed by atoms with E-state index in [0.717, 1.165) is 4.47 Å². The van der Waals surface area contributed by atoms with Crippen LogP contribution in [0.15, 0.2) is 52.1 Å². The lowest BCUT2D eigenvalue weighted by molar-refractivity contribution is -0.115. The van der Waals surface area contributed by atoms with Gasteiger partial charge in [-0.1, -0.05) is 50.9 Å². The number of nitrogens with one attached hydrogen (secondary N) is 1. The molecule has 0 saturated heterocycles. The van der Waals surface area contributed by atoms with Crippen LogP contribution in [0.4, 0.5) is 5.69 Å². The van der Waals surface area contributed by atoms with E-state index in [2.05, 4.69) is 31.4 Å². The van der Waals surface area contributed by atoms with Crippen molar-refractivity contribution in [1.82, 2.24) is 14.9 Å². The molecule has 0 aliphatic heterocycles. The molecule has 0 fully saturated rings. The molecule has 3 N–H and O–H groups in total. The second-order valence-corrected chi connectivity index (χ2v) is 8.62. The summed E-state index contributed by atoms with van der Waals surface area (Å²) in [7, 11) is 0. The minimum atomic E-state index is -0.442. The Morgan fingerprint density at radius 1 is 1.22 bits per heavy atom. The van der Waals surface area contributed by atoms with Crippen LogP contribution in [0.3, 0.4) is 0 Å². The van der Waals surface area contributed by atoms with Crippen molar-refractivity contribution in [2.45, 2.75) is 17.3 Å². The van der Waals surface area contributed by atoms with Crippen molar-refractivity contribution >= 4 is 62.5 Å². The van der Waals surface area contributed by atoms with E-state index < -0.39 is 5.25 Å². The summed E-state index contributed by atoms with van der Waals surface area (Å²) in [6.45, 7) is 1.76. The van der Waals surface area contributed by atoms with Crippen molar-refractivity contribution in [2.24, 2.45) is 0 Å². The van der Waals surface area contributed by atoms with Gasteiger partial charge in [0.05, 0.1) is 10.3 Å². The second-order valence-electron chi connectivity index (χ2n) is 5.56. The summed E-state index contributed by atoms with van der Waals surface area (Å²) in [5.41, 5.74) is 1.27. The molecule has 6 nitrogen and oxygen atoms in total. The van der Waals surface area contributed by atoms with Crippen LogP contribution in [0, 0.1) is 0 Å². The normalized spacial score (nSPS) is 12.0. The Bertz CT molecular complexity index is 980. The average Bonchev–Trinajstić information content (AvgIpc) is 2.99.